The van der Waals surface area contributed by atoms with Crippen molar-refractivity contribution in [2.45, 2.75) is 19.8 Å². The van der Waals surface area contributed by atoms with Crippen LogP contribution in [0.15, 0.2) is 18.2 Å². The Labute approximate surface area is 140 Å². The third-order valence-corrected chi connectivity index (χ3v) is 6.20. The topological polar surface area (TPSA) is 66.5 Å². The van der Waals surface area contributed by atoms with E-state index in [1.807, 2.05) is 0 Å². The van der Waals surface area contributed by atoms with Crippen LogP contribution in [0.1, 0.15) is 19.8 Å². The standard InChI is InChI=1S/C14H18Cl2N2O3S/c1-2-22(20,21)18-8-4-5-10(9-18)14(19)17-13-11(15)6-3-7-12(13)16/h3,6-7,10H,2,4-5,8-9H2,1H3,(H,17,19)/t10-/m0/s1. The molecule has 1 fully saturated rings. The number of hydrogen-bond acceptors (Lipinski definition) is 3. The second-order valence-electron chi connectivity index (χ2n) is 5.18. The number of sulfonamides is 1. The summed E-state index contributed by atoms with van der Waals surface area (Å²) in [6.45, 7) is 2.26. The smallest absolute Gasteiger partial charge is 0.228 e. The largest absolute Gasteiger partial charge is 0.323 e. The maximum atomic E-state index is 12.4. The zero-order chi connectivity index (χ0) is 16.3. The van der Waals surface area contributed by atoms with Crippen molar-refractivity contribution in [3.63, 3.8) is 0 Å². The van der Waals surface area contributed by atoms with E-state index >= 15 is 0 Å². The van der Waals surface area contributed by atoms with Gasteiger partial charge in [-0.05, 0) is 31.9 Å². The highest BCUT2D eigenvalue weighted by Crippen LogP contribution is 2.31. The Bertz CT molecular complexity index is 644. The van der Waals surface area contributed by atoms with E-state index in [1.54, 1.807) is 25.1 Å². The number of amides is 1. The first-order valence-electron chi connectivity index (χ1n) is 7.08. The summed E-state index contributed by atoms with van der Waals surface area (Å²) in [5, 5.41) is 3.43. The highest BCUT2D eigenvalue weighted by atomic mass is 35.5. The van der Waals surface area contributed by atoms with Crippen molar-refractivity contribution in [3.8, 4) is 0 Å². The van der Waals surface area contributed by atoms with Gasteiger partial charge in [-0.15, -0.1) is 0 Å². The number of benzene rings is 1. The Morgan fingerprint density at radius 3 is 2.59 bits per heavy atom. The molecule has 1 atom stereocenters. The second-order valence-corrected chi connectivity index (χ2v) is 8.26. The average molecular weight is 365 g/mol. The van der Waals surface area contributed by atoms with Crippen molar-refractivity contribution >= 4 is 44.8 Å². The lowest BCUT2D eigenvalue weighted by molar-refractivity contribution is -0.120. The number of nitrogens with zero attached hydrogens (tertiary/aromatic N) is 1. The van der Waals surface area contributed by atoms with Gasteiger partial charge in [0.05, 0.1) is 27.4 Å². The third kappa shape index (κ3) is 3.93. The highest BCUT2D eigenvalue weighted by Gasteiger charge is 2.31. The van der Waals surface area contributed by atoms with Crippen molar-refractivity contribution in [1.29, 1.82) is 0 Å². The number of rotatable bonds is 4. The van der Waals surface area contributed by atoms with Gasteiger partial charge in [0.25, 0.3) is 0 Å². The summed E-state index contributed by atoms with van der Waals surface area (Å²) >= 11 is 12.1. The van der Waals surface area contributed by atoms with Crippen LogP contribution < -0.4 is 5.32 Å². The SMILES string of the molecule is CCS(=O)(=O)N1CCC[C@H](C(=O)Nc2c(Cl)cccc2Cl)C1. The number of carbonyl (C=O) groups excluding carboxylic acids is 1. The van der Waals surface area contributed by atoms with E-state index in [2.05, 4.69) is 5.32 Å². The molecule has 0 spiro atoms. The summed E-state index contributed by atoms with van der Waals surface area (Å²) in [6, 6.07) is 4.96. The minimum Gasteiger partial charge on any atom is -0.323 e. The Morgan fingerprint density at radius 1 is 1.36 bits per heavy atom. The molecule has 0 aromatic heterocycles. The first-order valence-corrected chi connectivity index (χ1v) is 9.44. The Morgan fingerprint density at radius 2 is 2.00 bits per heavy atom. The number of hydrogen-bond donors (Lipinski definition) is 1. The molecule has 1 aromatic rings. The number of para-hydroxylation sites is 1. The van der Waals surface area contributed by atoms with Gasteiger partial charge in [0.1, 0.15) is 0 Å². The van der Waals surface area contributed by atoms with Crippen LogP contribution in [0.5, 0.6) is 0 Å². The molecule has 1 N–H and O–H groups in total. The molecule has 8 heteroatoms. The average Bonchev–Trinajstić information content (AvgIpc) is 2.51. The van der Waals surface area contributed by atoms with Crippen LogP contribution in [0.25, 0.3) is 0 Å². The maximum Gasteiger partial charge on any atom is 0.228 e. The van der Waals surface area contributed by atoms with Crippen LogP contribution in [-0.2, 0) is 14.8 Å². The first-order chi connectivity index (χ1) is 10.3. The van der Waals surface area contributed by atoms with Gasteiger partial charge in [-0.2, -0.15) is 0 Å². The van der Waals surface area contributed by atoms with Gasteiger partial charge in [0, 0.05) is 13.1 Å². The van der Waals surface area contributed by atoms with Gasteiger partial charge >= 0.3 is 0 Å². The van der Waals surface area contributed by atoms with E-state index in [0.717, 1.165) is 0 Å². The number of nitrogens with one attached hydrogen (secondary N) is 1. The zero-order valence-corrected chi connectivity index (χ0v) is 14.5. The predicted octanol–water partition coefficient (Wildman–Crippen LogP) is 2.99. The summed E-state index contributed by atoms with van der Waals surface area (Å²) in [5.41, 5.74) is 0.367. The number of piperidine rings is 1. The van der Waals surface area contributed by atoms with E-state index < -0.39 is 15.9 Å². The quantitative estimate of drug-likeness (QED) is 0.892. The molecule has 0 unspecified atom stereocenters. The molecule has 0 radical (unpaired) electrons. The van der Waals surface area contributed by atoms with Crippen molar-refractivity contribution < 1.29 is 13.2 Å². The Balaban J connectivity index is 2.10. The van der Waals surface area contributed by atoms with Gasteiger partial charge in [0.15, 0.2) is 0 Å². The molecule has 0 bridgehead atoms. The minimum absolute atomic E-state index is 0.0394. The fourth-order valence-corrected chi connectivity index (χ4v) is 4.11. The summed E-state index contributed by atoms with van der Waals surface area (Å²) in [7, 11) is -3.28. The van der Waals surface area contributed by atoms with Crippen molar-refractivity contribution in [2.24, 2.45) is 5.92 Å². The van der Waals surface area contributed by atoms with Gasteiger partial charge in [-0.25, -0.2) is 12.7 Å². The molecule has 0 aliphatic carbocycles. The summed E-state index contributed by atoms with van der Waals surface area (Å²) in [5.74, 6) is -0.620. The molecule has 5 nitrogen and oxygen atoms in total. The highest BCUT2D eigenvalue weighted by molar-refractivity contribution is 7.89. The van der Waals surface area contributed by atoms with Crippen molar-refractivity contribution in [3.05, 3.63) is 28.2 Å². The number of anilines is 1. The van der Waals surface area contributed by atoms with Crippen LogP contribution >= 0.6 is 23.2 Å². The van der Waals surface area contributed by atoms with Gasteiger partial charge < -0.3 is 5.32 Å². The Hall–Kier alpha value is -0.820. The van der Waals surface area contributed by atoms with Gasteiger partial charge in [-0.1, -0.05) is 29.3 Å². The molecule has 22 heavy (non-hydrogen) atoms. The maximum absolute atomic E-state index is 12.4. The summed E-state index contributed by atoms with van der Waals surface area (Å²) < 4.78 is 25.3. The van der Waals surface area contributed by atoms with Crippen LogP contribution in [0, 0.1) is 5.92 Å². The molecule has 1 aliphatic rings. The van der Waals surface area contributed by atoms with Crippen LogP contribution in [0.3, 0.4) is 0 Å². The molecule has 2 rings (SSSR count). The fraction of sp³-hybridized carbons (Fsp3) is 0.500. The minimum atomic E-state index is -3.28. The lowest BCUT2D eigenvalue weighted by atomic mass is 9.98. The van der Waals surface area contributed by atoms with Crippen molar-refractivity contribution in [2.75, 3.05) is 24.2 Å². The van der Waals surface area contributed by atoms with E-state index in [4.69, 9.17) is 23.2 Å². The molecule has 1 heterocycles. The van der Waals surface area contributed by atoms with Crippen LogP contribution in [0.4, 0.5) is 5.69 Å². The van der Waals surface area contributed by atoms with E-state index in [0.29, 0.717) is 35.1 Å². The zero-order valence-electron chi connectivity index (χ0n) is 12.2. The fourth-order valence-electron chi connectivity index (χ4n) is 2.43. The number of halogens is 2. The molecule has 122 valence electrons. The number of carbonyl (C=O) groups is 1. The lowest BCUT2D eigenvalue weighted by Crippen LogP contribution is -2.44. The Kier molecular flexibility index (Phi) is 5.71. The van der Waals surface area contributed by atoms with Gasteiger partial charge in [-0.3, -0.25) is 4.79 Å². The second kappa shape index (κ2) is 7.17. The summed E-state index contributed by atoms with van der Waals surface area (Å²) in [6.07, 6.45) is 1.30. The normalized spacial score (nSPS) is 19.9. The monoisotopic (exact) mass is 364 g/mol. The van der Waals surface area contributed by atoms with Crippen LogP contribution in [0.2, 0.25) is 10.0 Å². The lowest BCUT2D eigenvalue weighted by Gasteiger charge is -2.31. The molecule has 1 saturated heterocycles. The van der Waals surface area contributed by atoms with E-state index in [1.165, 1.54) is 4.31 Å². The molecule has 1 aliphatic heterocycles. The van der Waals surface area contributed by atoms with Crippen LogP contribution in [-0.4, -0.2) is 37.5 Å². The molecular formula is C14H18Cl2N2O3S. The third-order valence-electron chi connectivity index (χ3n) is 3.72. The molecular weight excluding hydrogens is 347 g/mol. The van der Waals surface area contributed by atoms with E-state index in [9.17, 15) is 13.2 Å². The van der Waals surface area contributed by atoms with Crippen molar-refractivity contribution in [1.82, 2.24) is 4.31 Å². The molecule has 1 aromatic carbocycles. The first kappa shape index (κ1) is 17.5. The van der Waals surface area contributed by atoms with E-state index in [-0.39, 0.29) is 18.2 Å². The molecule has 0 saturated carbocycles. The van der Waals surface area contributed by atoms with Gasteiger partial charge in [0.2, 0.25) is 15.9 Å². The summed E-state index contributed by atoms with van der Waals surface area (Å²) in [4.78, 5) is 12.4. The predicted molar refractivity (Wildman–Crippen MR) is 88.8 cm³/mol. The molecule has 1 amide bonds.